The number of phenolic OH excluding ortho intramolecular Hbond substituents is 1. The van der Waals surface area contributed by atoms with Crippen molar-refractivity contribution in [2.24, 2.45) is 10.2 Å². The Kier molecular flexibility index (Phi) is 11.2. The number of carbonyl (C=O) groups excluding carboxylic acids is 3. The summed E-state index contributed by atoms with van der Waals surface area (Å²) < 4.78 is 10.2. The van der Waals surface area contributed by atoms with Gasteiger partial charge in [0.1, 0.15) is 30.3 Å². The minimum atomic E-state index is -0.592. The fourth-order valence-corrected chi connectivity index (χ4v) is 3.11. The molecule has 0 bridgehead atoms. The number of benzene rings is 2. The van der Waals surface area contributed by atoms with Crippen LogP contribution in [0.15, 0.2) is 52.7 Å². The van der Waals surface area contributed by atoms with Crippen molar-refractivity contribution in [1.29, 1.82) is 0 Å². The van der Waals surface area contributed by atoms with E-state index in [9.17, 15) is 19.5 Å². The summed E-state index contributed by atoms with van der Waals surface area (Å²) in [4.78, 5) is 35.5. The van der Waals surface area contributed by atoms with Crippen molar-refractivity contribution in [3.8, 4) is 5.75 Å². The fraction of sp³-hybridized carbons (Fsp3) is 0.444. The third kappa shape index (κ3) is 11.7. The van der Waals surface area contributed by atoms with E-state index >= 15 is 0 Å². The number of Topliss-reactive ketones (excluding diaryl/α,β-unsaturated/α-hetero) is 1. The maximum atomic E-state index is 12.1. The van der Waals surface area contributed by atoms with Gasteiger partial charge in [-0.15, -0.1) is 5.11 Å². The Balaban J connectivity index is 1.61. The lowest BCUT2D eigenvalue weighted by atomic mass is 10.1. The molecule has 0 fully saturated rings. The van der Waals surface area contributed by atoms with E-state index in [2.05, 4.69) is 15.5 Å². The third-order valence-corrected chi connectivity index (χ3v) is 4.84. The van der Waals surface area contributed by atoms with Gasteiger partial charge in [0.15, 0.2) is 5.78 Å². The normalized spacial score (nSPS) is 11.4. The Hall–Kier alpha value is -3.59. The summed E-state index contributed by atoms with van der Waals surface area (Å²) in [6.07, 6.45) is 1.64. The summed E-state index contributed by atoms with van der Waals surface area (Å²) in [6, 6.07) is 12.5. The van der Waals surface area contributed by atoms with E-state index in [1.54, 1.807) is 51.1 Å². The average Bonchev–Trinajstić information content (AvgIpc) is 2.80. The molecule has 194 valence electrons. The first kappa shape index (κ1) is 28.6. The van der Waals surface area contributed by atoms with Crippen LogP contribution < -0.4 is 5.32 Å². The van der Waals surface area contributed by atoms with Crippen molar-refractivity contribution in [2.45, 2.75) is 59.0 Å². The summed E-state index contributed by atoms with van der Waals surface area (Å²) in [5.74, 6) is -0.669. The van der Waals surface area contributed by atoms with E-state index in [0.29, 0.717) is 37.2 Å². The lowest BCUT2D eigenvalue weighted by molar-refractivity contribution is -0.160. The molecular weight excluding hydrogens is 462 g/mol. The molecule has 0 aliphatic rings. The van der Waals surface area contributed by atoms with Crippen LogP contribution in [0.3, 0.4) is 0 Å². The Morgan fingerprint density at radius 1 is 0.972 bits per heavy atom. The monoisotopic (exact) mass is 497 g/mol. The lowest BCUT2D eigenvalue weighted by Crippen LogP contribution is -2.27. The van der Waals surface area contributed by atoms with Gasteiger partial charge in [-0.05, 0) is 75.9 Å². The van der Waals surface area contributed by atoms with Gasteiger partial charge < -0.3 is 19.9 Å². The summed E-state index contributed by atoms with van der Waals surface area (Å²) in [5, 5.41) is 20.9. The molecule has 2 N–H and O–H groups in total. The zero-order valence-electron chi connectivity index (χ0n) is 21.4. The van der Waals surface area contributed by atoms with E-state index in [1.165, 1.54) is 0 Å². The highest BCUT2D eigenvalue weighted by atomic mass is 16.6. The number of ether oxygens (including phenoxy) is 2. The van der Waals surface area contributed by atoms with Crippen LogP contribution in [0.5, 0.6) is 5.75 Å². The maximum absolute atomic E-state index is 12.1. The Bertz CT molecular complexity index is 1060. The van der Waals surface area contributed by atoms with Gasteiger partial charge in [-0.2, -0.15) is 5.11 Å². The highest BCUT2D eigenvalue weighted by molar-refractivity contribution is 5.80. The van der Waals surface area contributed by atoms with E-state index in [-0.39, 0.29) is 37.1 Å². The highest BCUT2D eigenvalue weighted by Gasteiger charge is 2.16. The summed E-state index contributed by atoms with van der Waals surface area (Å²) in [6.45, 7) is 7.16. The zero-order chi connectivity index (χ0) is 26.6. The standard InChI is InChI=1S/C27H35N3O6/c1-19-7-13-24(32)23(16-19)30-29-21-11-8-20(9-12-21)10-14-25(33)28-15-5-6-22(31)17-35-18-26(34)36-27(2,3)4/h7-9,11-13,16,32H,5-6,10,14-15,17-18H2,1-4H3,(H,28,33). The van der Waals surface area contributed by atoms with E-state index in [0.717, 1.165) is 11.1 Å². The van der Waals surface area contributed by atoms with Gasteiger partial charge in [0.05, 0.1) is 5.69 Å². The van der Waals surface area contributed by atoms with Crippen LogP contribution in [-0.4, -0.2) is 48.1 Å². The van der Waals surface area contributed by atoms with Gasteiger partial charge in [0.25, 0.3) is 0 Å². The van der Waals surface area contributed by atoms with Crippen LogP contribution in [0.1, 0.15) is 51.2 Å². The maximum Gasteiger partial charge on any atom is 0.332 e. The second-order valence-corrected chi connectivity index (χ2v) is 9.43. The molecule has 0 aliphatic heterocycles. The molecule has 0 radical (unpaired) electrons. The zero-order valence-corrected chi connectivity index (χ0v) is 21.4. The SMILES string of the molecule is Cc1ccc(O)c(N=Nc2ccc(CCC(=O)NCCCC(=O)COCC(=O)OC(C)(C)C)cc2)c1. The van der Waals surface area contributed by atoms with Gasteiger partial charge in [-0.3, -0.25) is 9.59 Å². The van der Waals surface area contributed by atoms with Crippen molar-refractivity contribution in [3.63, 3.8) is 0 Å². The van der Waals surface area contributed by atoms with Gasteiger partial charge in [-0.1, -0.05) is 18.2 Å². The molecule has 9 heteroatoms. The minimum absolute atomic E-state index is 0.0721. The molecule has 36 heavy (non-hydrogen) atoms. The second-order valence-electron chi connectivity index (χ2n) is 9.43. The number of ketones is 1. The molecule has 0 aliphatic carbocycles. The van der Waals surface area contributed by atoms with Crippen molar-refractivity contribution in [1.82, 2.24) is 5.32 Å². The first-order valence-electron chi connectivity index (χ1n) is 11.9. The largest absolute Gasteiger partial charge is 0.506 e. The summed E-state index contributed by atoms with van der Waals surface area (Å²) >= 11 is 0. The van der Waals surface area contributed by atoms with Crippen molar-refractivity contribution < 1.29 is 29.0 Å². The van der Waals surface area contributed by atoms with E-state index in [1.807, 2.05) is 19.1 Å². The van der Waals surface area contributed by atoms with Crippen LogP contribution in [0.4, 0.5) is 11.4 Å². The van der Waals surface area contributed by atoms with Crippen molar-refractivity contribution in [2.75, 3.05) is 19.8 Å². The lowest BCUT2D eigenvalue weighted by Gasteiger charge is -2.19. The molecule has 2 rings (SSSR count). The molecule has 9 nitrogen and oxygen atoms in total. The molecule has 2 aromatic carbocycles. The van der Waals surface area contributed by atoms with Gasteiger partial charge in [-0.25, -0.2) is 4.79 Å². The topological polar surface area (TPSA) is 127 Å². The number of aryl methyl sites for hydroxylation is 2. The third-order valence-electron chi connectivity index (χ3n) is 4.84. The Morgan fingerprint density at radius 3 is 2.39 bits per heavy atom. The second kappa shape index (κ2) is 14.1. The first-order chi connectivity index (χ1) is 17.0. The molecular formula is C27H35N3O6. The molecule has 0 atom stereocenters. The van der Waals surface area contributed by atoms with Crippen LogP contribution in [-0.2, 0) is 30.3 Å². The molecule has 0 saturated carbocycles. The average molecular weight is 498 g/mol. The molecule has 0 aromatic heterocycles. The number of nitrogens with one attached hydrogen (secondary N) is 1. The van der Waals surface area contributed by atoms with Crippen LogP contribution in [0.2, 0.25) is 0 Å². The van der Waals surface area contributed by atoms with Crippen molar-refractivity contribution >= 4 is 29.0 Å². The number of rotatable bonds is 13. The van der Waals surface area contributed by atoms with Gasteiger partial charge in [0, 0.05) is 19.4 Å². The first-order valence-corrected chi connectivity index (χ1v) is 11.9. The van der Waals surface area contributed by atoms with Crippen LogP contribution in [0, 0.1) is 6.92 Å². The smallest absolute Gasteiger partial charge is 0.332 e. The highest BCUT2D eigenvalue weighted by Crippen LogP contribution is 2.28. The number of azo groups is 1. The number of esters is 1. The molecule has 0 heterocycles. The van der Waals surface area contributed by atoms with Gasteiger partial charge in [0.2, 0.25) is 5.91 Å². The number of hydrogen-bond donors (Lipinski definition) is 2. The summed E-state index contributed by atoms with van der Waals surface area (Å²) in [5.41, 5.74) is 2.42. The van der Waals surface area contributed by atoms with Crippen molar-refractivity contribution in [3.05, 3.63) is 53.6 Å². The fourth-order valence-electron chi connectivity index (χ4n) is 3.11. The molecule has 2 aromatic rings. The number of amides is 1. The predicted molar refractivity (Wildman–Crippen MR) is 136 cm³/mol. The number of aromatic hydroxyl groups is 1. The Morgan fingerprint density at radius 2 is 1.69 bits per heavy atom. The number of nitrogens with zero attached hydrogens (tertiary/aromatic N) is 2. The van der Waals surface area contributed by atoms with E-state index < -0.39 is 11.6 Å². The molecule has 0 saturated heterocycles. The summed E-state index contributed by atoms with van der Waals surface area (Å²) in [7, 11) is 0. The van der Waals surface area contributed by atoms with Crippen LogP contribution in [0.25, 0.3) is 0 Å². The molecule has 0 unspecified atom stereocenters. The predicted octanol–water partition coefficient (Wildman–Crippen LogP) is 4.87. The quantitative estimate of drug-likeness (QED) is 0.231. The number of hydrogen-bond acceptors (Lipinski definition) is 8. The van der Waals surface area contributed by atoms with E-state index in [4.69, 9.17) is 9.47 Å². The van der Waals surface area contributed by atoms with Gasteiger partial charge >= 0.3 is 5.97 Å². The Labute approximate surface area is 211 Å². The molecule has 0 spiro atoms. The number of phenols is 1. The molecule has 1 amide bonds. The minimum Gasteiger partial charge on any atom is -0.506 e. The van der Waals surface area contributed by atoms with Crippen LogP contribution >= 0.6 is 0 Å². The number of carbonyl (C=O) groups is 3.